The molecule has 2 aromatic rings. The summed E-state index contributed by atoms with van der Waals surface area (Å²) >= 11 is 5.81. The van der Waals surface area contributed by atoms with Gasteiger partial charge >= 0.3 is 5.97 Å². The normalized spacial score (nSPS) is 10.1. The van der Waals surface area contributed by atoms with Crippen LogP contribution >= 0.6 is 11.6 Å². The summed E-state index contributed by atoms with van der Waals surface area (Å²) in [6.07, 6.45) is 0.497. The number of amides is 1. The van der Waals surface area contributed by atoms with E-state index in [9.17, 15) is 9.59 Å². The summed E-state index contributed by atoms with van der Waals surface area (Å²) in [4.78, 5) is 23.1. The summed E-state index contributed by atoms with van der Waals surface area (Å²) in [5.74, 6) is -0.400. The molecule has 2 aromatic carbocycles. The standard InChI is InChI=1S/C17H16ClNO3/c1-22-17(21)11-13-4-8-15(9-5-13)19-16(20)10-12-2-6-14(18)7-3-12/h2-9H,10-11H2,1H3,(H,19,20). The zero-order chi connectivity index (χ0) is 15.9. The molecule has 0 unspecified atom stereocenters. The van der Waals surface area contributed by atoms with Crippen LogP contribution in [0, 0.1) is 0 Å². The molecule has 4 nitrogen and oxygen atoms in total. The predicted octanol–water partition coefficient (Wildman–Crippen LogP) is 3.24. The van der Waals surface area contributed by atoms with E-state index in [1.54, 1.807) is 36.4 Å². The van der Waals surface area contributed by atoms with Crippen LogP contribution in [0.25, 0.3) is 0 Å². The van der Waals surface area contributed by atoms with Crippen molar-refractivity contribution in [3.8, 4) is 0 Å². The molecule has 0 aliphatic rings. The third kappa shape index (κ3) is 4.90. The first-order chi connectivity index (χ1) is 10.6. The number of rotatable bonds is 5. The Balaban J connectivity index is 1.91. The number of carbonyl (C=O) groups is 2. The van der Waals surface area contributed by atoms with Gasteiger partial charge in [-0.05, 0) is 35.4 Å². The molecule has 0 spiro atoms. The third-order valence-corrected chi connectivity index (χ3v) is 3.34. The van der Waals surface area contributed by atoms with Gasteiger partial charge in [0.25, 0.3) is 0 Å². The maximum Gasteiger partial charge on any atom is 0.309 e. The molecule has 22 heavy (non-hydrogen) atoms. The van der Waals surface area contributed by atoms with E-state index < -0.39 is 0 Å². The summed E-state index contributed by atoms with van der Waals surface area (Å²) in [5, 5.41) is 3.46. The summed E-state index contributed by atoms with van der Waals surface area (Å²) in [6.45, 7) is 0. The molecule has 0 fully saturated rings. The molecule has 0 saturated carbocycles. The van der Waals surface area contributed by atoms with E-state index in [0.717, 1.165) is 11.1 Å². The molecular weight excluding hydrogens is 302 g/mol. The lowest BCUT2D eigenvalue weighted by Gasteiger charge is -2.07. The fourth-order valence-electron chi connectivity index (χ4n) is 1.94. The Morgan fingerprint density at radius 3 is 2.09 bits per heavy atom. The highest BCUT2D eigenvalue weighted by atomic mass is 35.5. The summed E-state index contributed by atoms with van der Waals surface area (Å²) in [6, 6.07) is 14.3. The van der Waals surface area contributed by atoms with Crippen molar-refractivity contribution >= 4 is 29.2 Å². The number of hydrogen-bond acceptors (Lipinski definition) is 3. The Morgan fingerprint density at radius 2 is 1.50 bits per heavy atom. The number of halogens is 1. The summed E-state index contributed by atoms with van der Waals surface area (Å²) in [7, 11) is 1.35. The van der Waals surface area contributed by atoms with Crippen molar-refractivity contribution < 1.29 is 14.3 Å². The Bertz CT molecular complexity index is 651. The van der Waals surface area contributed by atoms with E-state index in [-0.39, 0.29) is 24.7 Å². The van der Waals surface area contributed by atoms with Crippen molar-refractivity contribution in [3.05, 3.63) is 64.7 Å². The number of nitrogens with one attached hydrogen (secondary N) is 1. The minimum atomic E-state index is -0.292. The van der Waals surface area contributed by atoms with E-state index in [0.29, 0.717) is 10.7 Å². The first kappa shape index (κ1) is 16.0. The number of benzene rings is 2. The maximum atomic E-state index is 12.0. The number of carbonyl (C=O) groups excluding carboxylic acids is 2. The molecule has 5 heteroatoms. The number of ether oxygens (including phenoxy) is 1. The van der Waals surface area contributed by atoms with Crippen molar-refractivity contribution in [2.45, 2.75) is 12.8 Å². The molecule has 0 atom stereocenters. The van der Waals surface area contributed by atoms with Crippen molar-refractivity contribution in [1.29, 1.82) is 0 Å². The summed E-state index contributed by atoms with van der Waals surface area (Å²) in [5.41, 5.74) is 2.42. The highest BCUT2D eigenvalue weighted by Crippen LogP contribution is 2.13. The second-order valence-electron chi connectivity index (χ2n) is 4.80. The Labute approximate surface area is 134 Å². The number of esters is 1. The highest BCUT2D eigenvalue weighted by Gasteiger charge is 2.06. The highest BCUT2D eigenvalue weighted by molar-refractivity contribution is 6.30. The van der Waals surface area contributed by atoms with Crippen LogP contribution in [0.4, 0.5) is 5.69 Å². The average molecular weight is 318 g/mol. The van der Waals surface area contributed by atoms with Crippen LogP contribution in [0.3, 0.4) is 0 Å². The van der Waals surface area contributed by atoms with Crippen LogP contribution in [0.5, 0.6) is 0 Å². The van der Waals surface area contributed by atoms with Gasteiger partial charge < -0.3 is 10.1 Å². The van der Waals surface area contributed by atoms with Gasteiger partial charge in [0.05, 0.1) is 20.0 Å². The van der Waals surface area contributed by atoms with Gasteiger partial charge in [-0.25, -0.2) is 0 Å². The Morgan fingerprint density at radius 1 is 0.955 bits per heavy atom. The maximum absolute atomic E-state index is 12.0. The van der Waals surface area contributed by atoms with Gasteiger partial charge in [-0.2, -0.15) is 0 Å². The Kier molecular flexibility index (Phi) is 5.55. The van der Waals surface area contributed by atoms with Crippen LogP contribution in [0.1, 0.15) is 11.1 Å². The molecule has 0 bridgehead atoms. The molecule has 0 aromatic heterocycles. The van der Waals surface area contributed by atoms with Gasteiger partial charge in [0.15, 0.2) is 0 Å². The van der Waals surface area contributed by atoms with Gasteiger partial charge in [-0.3, -0.25) is 9.59 Å². The second kappa shape index (κ2) is 7.61. The number of methoxy groups -OCH3 is 1. The smallest absolute Gasteiger partial charge is 0.309 e. The largest absolute Gasteiger partial charge is 0.469 e. The third-order valence-electron chi connectivity index (χ3n) is 3.09. The van der Waals surface area contributed by atoms with Crippen LogP contribution in [0.2, 0.25) is 5.02 Å². The molecule has 1 N–H and O–H groups in total. The van der Waals surface area contributed by atoms with Crippen LogP contribution < -0.4 is 5.32 Å². The van der Waals surface area contributed by atoms with Crippen LogP contribution in [-0.2, 0) is 27.2 Å². The molecule has 114 valence electrons. The Hall–Kier alpha value is -2.33. The topological polar surface area (TPSA) is 55.4 Å². The molecule has 0 saturated heterocycles. The molecule has 0 heterocycles. The lowest BCUT2D eigenvalue weighted by atomic mass is 10.1. The lowest BCUT2D eigenvalue weighted by Crippen LogP contribution is -2.14. The van der Waals surface area contributed by atoms with Crippen molar-refractivity contribution in [1.82, 2.24) is 0 Å². The van der Waals surface area contributed by atoms with Crippen molar-refractivity contribution in [2.75, 3.05) is 12.4 Å². The van der Waals surface area contributed by atoms with Gasteiger partial charge in [0, 0.05) is 10.7 Å². The van der Waals surface area contributed by atoms with Crippen LogP contribution in [-0.4, -0.2) is 19.0 Å². The van der Waals surface area contributed by atoms with Crippen molar-refractivity contribution in [3.63, 3.8) is 0 Å². The van der Waals surface area contributed by atoms with E-state index in [4.69, 9.17) is 11.6 Å². The average Bonchev–Trinajstić information content (AvgIpc) is 2.51. The van der Waals surface area contributed by atoms with E-state index in [1.165, 1.54) is 7.11 Å². The van der Waals surface area contributed by atoms with Crippen LogP contribution in [0.15, 0.2) is 48.5 Å². The van der Waals surface area contributed by atoms with E-state index in [2.05, 4.69) is 10.1 Å². The minimum Gasteiger partial charge on any atom is -0.469 e. The molecule has 2 rings (SSSR count). The fraction of sp³-hybridized carbons (Fsp3) is 0.176. The summed E-state index contributed by atoms with van der Waals surface area (Å²) < 4.78 is 4.61. The molecule has 1 amide bonds. The SMILES string of the molecule is COC(=O)Cc1ccc(NC(=O)Cc2ccc(Cl)cc2)cc1. The zero-order valence-corrected chi connectivity index (χ0v) is 12.9. The van der Waals surface area contributed by atoms with E-state index in [1.807, 2.05) is 12.1 Å². The quantitative estimate of drug-likeness (QED) is 0.861. The second-order valence-corrected chi connectivity index (χ2v) is 5.24. The number of hydrogen-bond donors (Lipinski definition) is 1. The molecule has 0 radical (unpaired) electrons. The first-order valence-electron chi connectivity index (χ1n) is 6.77. The van der Waals surface area contributed by atoms with Crippen molar-refractivity contribution in [2.24, 2.45) is 0 Å². The molecule has 0 aliphatic carbocycles. The molecular formula is C17H16ClNO3. The lowest BCUT2D eigenvalue weighted by molar-refractivity contribution is -0.139. The van der Waals surface area contributed by atoms with Gasteiger partial charge in [-0.15, -0.1) is 0 Å². The zero-order valence-electron chi connectivity index (χ0n) is 12.1. The minimum absolute atomic E-state index is 0.108. The molecule has 0 aliphatic heterocycles. The monoisotopic (exact) mass is 317 g/mol. The van der Waals surface area contributed by atoms with Gasteiger partial charge in [0.2, 0.25) is 5.91 Å². The van der Waals surface area contributed by atoms with E-state index >= 15 is 0 Å². The fourth-order valence-corrected chi connectivity index (χ4v) is 2.06. The van der Waals surface area contributed by atoms with Gasteiger partial charge in [0.1, 0.15) is 0 Å². The number of anilines is 1. The first-order valence-corrected chi connectivity index (χ1v) is 7.14. The predicted molar refractivity (Wildman–Crippen MR) is 85.9 cm³/mol. The van der Waals surface area contributed by atoms with Gasteiger partial charge in [-0.1, -0.05) is 35.9 Å².